The molecular weight excluding hydrogens is 106 g/mol. The Morgan fingerprint density at radius 1 is 1.57 bits per heavy atom. The van der Waals surface area contributed by atoms with Crippen molar-refractivity contribution in [3.63, 3.8) is 0 Å². The minimum absolute atomic E-state index is 1.15. The normalized spacial score (nSPS) is 10.3. The van der Waals surface area contributed by atoms with Gasteiger partial charge in [-0.05, 0) is 19.8 Å². The largest absolute Gasteiger partial charge is 0.297 e. The maximum Gasteiger partial charge on any atom is 0.0438 e. The number of hydrogen-bond donors (Lipinski definition) is 0. The van der Waals surface area contributed by atoms with Crippen LogP contribution in [0, 0.1) is 0 Å². The minimum Gasteiger partial charge on any atom is -0.297 e. The van der Waals surface area contributed by atoms with Gasteiger partial charge in [0.1, 0.15) is 0 Å². The van der Waals surface area contributed by atoms with Crippen molar-refractivity contribution in [2.24, 2.45) is 0 Å². The third-order valence-electron chi connectivity index (χ3n) is 0.889. The molecule has 0 aromatic heterocycles. The highest BCUT2D eigenvalue weighted by Gasteiger charge is 1.86. The predicted molar refractivity (Wildman–Crippen MR) is 36.7 cm³/mol. The summed E-state index contributed by atoms with van der Waals surface area (Å²) < 4.78 is 0. The summed E-state index contributed by atoms with van der Waals surface area (Å²) in [7, 11) is 2.12. The summed E-state index contributed by atoms with van der Waals surface area (Å²) in [6.45, 7) is 3.32. The van der Waals surface area contributed by atoms with E-state index in [2.05, 4.69) is 25.1 Å². The molecule has 0 rings (SSSR count). The lowest BCUT2D eigenvalue weighted by molar-refractivity contribution is 0.417. The highest BCUT2D eigenvalue weighted by molar-refractivity contribution is 7.98. The van der Waals surface area contributed by atoms with Gasteiger partial charge < -0.3 is 0 Å². The lowest BCUT2D eigenvalue weighted by Crippen LogP contribution is -2.15. The summed E-state index contributed by atoms with van der Waals surface area (Å²) in [5.41, 5.74) is 0. The van der Waals surface area contributed by atoms with Gasteiger partial charge in [-0.3, -0.25) is 4.90 Å². The molecule has 0 amide bonds. The third-order valence-corrected chi connectivity index (χ3v) is 1.59. The van der Waals surface area contributed by atoms with Gasteiger partial charge in [0.05, 0.1) is 0 Å². The van der Waals surface area contributed by atoms with Crippen LogP contribution in [0.4, 0.5) is 0 Å². The van der Waals surface area contributed by atoms with E-state index in [4.69, 9.17) is 0 Å². The molecule has 1 nitrogen and oxygen atoms in total. The van der Waals surface area contributed by atoms with Gasteiger partial charge in [0.15, 0.2) is 0 Å². The van der Waals surface area contributed by atoms with Crippen molar-refractivity contribution in [2.75, 3.05) is 25.7 Å². The van der Waals surface area contributed by atoms with Crippen LogP contribution in [0.5, 0.6) is 0 Å². The molecule has 0 heterocycles. The Bertz CT molecular complexity index is 39.1. The molecule has 0 atom stereocenters. The fraction of sp³-hybridized carbons (Fsp3) is 1.00. The molecule has 0 aliphatic rings. The van der Waals surface area contributed by atoms with E-state index in [0.29, 0.717) is 0 Å². The molecule has 0 bridgehead atoms. The van der Waals surface area contributed by atoms with Gasteiger partial charge >= 0.3 is 0 Å². The first-order valence-corrected chi connectivity index (χ1v) is 3.88. The van der Waals surface area contributed by atoms with Crippen LogP contribution in [-0.4, -0.2) is 30.6 Å². The zero-order valence-electron chi connectivity index (χ0n) is 5.27. The van der Waals surface area contributed by atoms with Crippen LogP contribution in [-0.2, 0) is 0 Å². The first kappa shape index (κ1) is 7.31. The molecule has 0 aromatic rings. The lowest BCUT2D eigenvalue weighted by atomic mass is 10.7. The van der Waals surface area contributed by atoms with Crippen LogP contribution in [0.3, 0.4) is 0 Å². The molecule has 7 heavy (non-hydrogen) atoms. The minimum atomic E-state index is 1.15. The Morgan fingerprint density at radius 3 is 2.29 bits per heavy atom. The number of hydrogen-bond acceptors (Lipinski definition) is 2. The van der Waals surface area contributed by atoms with E-state index in [1.165, 1.54) is 0 Å². The van der Waals surface area contributed by atoms with Gasteiger partial charge in [-0.15, -0.1) is 11.8 Å². The summed E-state index contributed by atoms with van der Waals surface area (Å²) >= 11 is 1.86. The van der Waals surface area contributed by atoms with Gasteiger partial charge in [-0.25, -0.2) is 0 Å². The summed E-state index contributed by atoms with van der Waals surface area (Å²) in [5.74, 6) is 1.15. The van der Waals surface area contributed by atoms with Crippen molar-refractivity contribution in [1.29, 1.82) is 0 Å². The first-order valence-electron chi connectivity index (χ1n) is 2.48. The molecular formula is C5H13NS. The van der Waals surface area contributed by atoms with Crippen LogP contribution < -0.4 is 0 Å². The summed E-state index contributed by atoms with van der Waals surface area (Å²) in [6.07, 6.45) is 2.12. The maximum atomic E-state index is 2.27. The van der Waals surface area contributed by atoms with E-state index in [9.17, 15) is 0 Å². The summed E-state index contributed by atoms with van der Waals surface area (Å²) in [6, 6.07) is 0. The Morgan fingerprint density at radius 2 is 2.14 bits per heavy atom. The molecule has 0 radical (unpaired) electrons. The van der Waals surface area contributed by atoms with Crippen molar-refractivity contribution in [3.8, 4) is 0 Å². The second kappa shape index (κ2) is 4.47. The second-order valence-electron chi connectivity index (χ2n) is 1.59. The van der Waals surface area contributed by atoms with Crippen molar-refractivity contribution in [1.82, 2.24) is 4.90 Å². The van der Waals surface area contributed by atoms with E-state index in [0.717, 1.165) is 12.4 Å². The van der Waals surface area contributed by atoms with Gasteiger partial charge in [-0.2, -0.15) is 0 Å². The Kier molecular flexibility index (Phi) is 4.67. The molecule has 0 aromatic carbocycles. The SMILES string of the molecule is CCN(C)CSC. The Hall–Kier alpha value is 0.310. The zero-order chi connectivity index (χ0) is 5.70. The smallest absolute Gasteiger partial charge is 0.0438 e. The van der Waals surface area contributed by atoms with Crippen LogP contribution in [0.25, 0.3) is 0 Å². The van der Waals surface area contributed by atoms with Gasteiger partial charge in [0.2, 0.25) is 0 Å². The van der Waals surface area contributed by atoms with E-state index < -0.39 is 0 Å². The molecule has 0 unspecified atom stereocenters. The molecule has 0 aliphatic heterocycles. The van der Waals surface area contributed by atoms with E-state index in [1.807, 2.05) is 11.8 Å². The van der Waals surface area contributed by atoms with Crippen molar-refractivity contribution < 1.29 is 0 Å². The fourth-order valence-corrected chi connectivity index (χ4v) is 0.935. The van der Waals surface area contributed by atoms with Gasteiger partial charge in [0.25, 0.3) is 0 Å². The molecule has 0 fully saturated rings. The molecule has 0 saturated carbocycles. The van der Waals surface area contributed by atoms with Crippen molar-refractivity contribution in [2.45, 2.75) is 6.92 Å². The number of thioether (sulfide) groups is 1. The average molecular weight is 119 g/mol. The van der Waals surface area contributed by atoms with Crippen LogP contribution in [0.2, 0.25) is 0 Å². The second-order valence-corrected chi connectivity index (χ2v) is 2.43. The van der Waals surface area contributed by atoms with Crippen molar-refractivity contribution in [3.05, 3.63) is 0 Å². The topological polar surface area (TPSA) is 3.24 Å². The fourth-order valence-electron chi connectivity index (χ4n) is 0.312. The highest BCUT2D eigenvalue weighted by atomic mass is 32.2. The van der Waals surface area contributed by atoms with E-state index in [-0.39, 0.29) is 0 Å². The zero-order valence-corrected chi connectivity index (χ0v) is 6.09. The van der Waals surface area contributed by atoms with Gasteiger partial charge in [-0.1, -0.05) is 6.92 Å². The Balaban J connectivity index is 2.83. The highest BCUT2D eigenvalue weighted by Crippen LogP contribution is 1.93. The van der Waals surface area contributed by atoms with Crippen LogP contribution in [0.1, 0.15) is 6.92 Å². The van der Waals surface area contributed by atoms with Crippen molar-refractivity contribution >= 4 is 11.8 Å². The molecule has 44 valence electrons. The van der Waals surface area contributed by atoms with E-state index in [1.54, 1.807) is 0 Å². The van der Waals surface area contributed by atoms with Crippen LogP contribution in [0.15, 0.2) is 0 Å². The number of rotatable bonds is 3. The predicted octanol–water partition coefficient (Wildman–Crippen LogP) is 1.26. The standard InChI is InChI=1S/C5H13NS/c1-4-6(2)5-7-3/h4-5H2,1-3H3. The van der Waals surface area contributed by atoms with E-state index >= 15 is 0 Å². The summed E-state index contributed by atoms with van der Waals surface area (Å²) in [5, 5.41) is 0. The quantitative estimate of drug-likeness (QED) is 0.514. The lowest BCUT2D eigenvalue weighted by Gasteiger charge is -2.09. The monoisotopic (exact) mass is 119 g/mol. The van der Waals surface area contributed by atoms with Gasteiger partial charge in [0, 0.05) is 5.88 Å². The Labute approximate surface area is 50.1 Å². The number of nitrogens with zero attached hydrogens (tertiary/aromatic N) is 1. The molecule has 0 N–H and O–H groups in total. The molecule has 2 heteroatoms. The average Bonchev–Trinajstić information content (AvgIpc) is 1.68. The molecule has 0 saturated heterocycles. The van der Waals surface area contributed by atoms with Crippen LogP contribution >= 0.6 is 11.8 Å². The third kappa shape index (κ3) is 4.16. The molecule has 0 spiro atoms. The maximum absolute atomic E-state index is 2.27. The molecule has 0 aliphatic carbocycles. The first-order chi connectivity index (χ1) is 3.31. The summed E-state index contributed by atoms with van der Waals surface area (Å²) in [4.78, 5) is 2.27.